The Morgan fingerprint density at radius 2 is 1.30 bits per heavy atom. The number of carbonyl (C=O) groups is 1. The number of rotatable bonds is 13. The van der Waals surface area contributed by atoms with Crippen LogP contribution < -0.4 is 5.32 Å². The molecule has 1 amide bonds. The van der Waals surface area contributed by atoms with E-state index < -0.39 is 5.60 Å². The maximum atomic E-state index is 12.9. The summed E-state index contributed by atoms with van der Waals surface area (Å²) in [6.07, 6.45) is 11.9. The molecule has 2 heterocycles. The van der Waals surface area contributed by atoms with Gasteiger partial charge in [0.1, 0.15) is 5.60 Å². The van der Waals surface area contributed by atoms with E-state index in [0.29, 0.717) is 5.41 Å². The van der Waals surface area contributed by atoms with Crippen molar-refractivity contribution in [2.24, 2.45) is 0 Å². The Morgan fingerprint density at radius 1 is 0.705 bits per heavy atom. The predicted molar refractivity (Wildman–Crippen MR) is 183 cm³/mol. The summed E-state index contributed by atoms with van der Waals surface area (Å²) < 4.78 is 6.00. The predicted octanol–water partition coefficient (Wildman–Crippen LogP) is 9.15. The number of ether oxygens (including phenoxy) is 1. The topological polar surface area (TPSA) is 44.8 Å². The average molecular weight is 596 g/mol. The highest BCUT2D eigenvalue weighted by Gasteiger charge is 2.34. The Bertz CT molecular complexity index is 1290. The second-order valence-electron chi connectivity index (χ2n) is 13.6. The number of piperidine rings is 2. The van der Waals surface area contributed by atoms with Gasteiger partial charge in [-0.2, -0.15) is 0 Å². The Hall–Kier alpha value is -3.15. The molecule has 3 aromatic rings. The van der Waals surface area contributed by atoms with Crippen molar-refractivity contribution in [1.82, 2.24) is 9.80 Å². The summed E-state index contributed by atoms with van der Waals surface area (Å²) in [4.78, 5) is 18.2. The SMILES string of the molecule is CC1(OC(=O)Nc2ccccc2-c2ccccc2)CCN(CCCCCCCCN2CCCC(C)(c3ccccc3)C2)CC1. The van der Waals surface area contributed by atoms with Gasteiger partial charge in [-0.05, 0) is 82.3 Å². The molecule has 5 nitrogen and oxygen atoms in total. The molecule has 1 atom stereocenters. The molecule has 3 aromatic carbocycles. The van der Waals surface area contributed by atoms with Crippen molar-refractivity contribution in [1.29, 1.82) is 0 Å². The molecular formula is C39H53N3O2. The van der Waals surface area contributed by atoms with Gasteiger partial charge in [-0.3, -0.25) is 5.32 Å². The molecular weight excluding hydrogens is 542 g/mol. The van der Waals surface area contributed by atoms with Crippen LogP contribution in [0.15, 0.2) is 84.9 Å². The van der Waals surface area contributed by atoms with Gasteiger partial charge in [0.25, 0.3) is 0 Å². The number of benzene rings is 3. The molecule has 0 saturated carbocycles. The van der Waals surface area contributed by atoms with Crippen molar-refractivity contribution in [3.63, 3.8) is 0 Å². The van der Waals surface area contributed by atoms with Gasteiger partial charge in [0.15, 0.2) is 0 Å². The first kappa shape index (κ1) is 32.2. The molecule has 1 N–H and O–H groups in total. The van der Waals surface area contributed by atoms with Gasteiger partial charge < -0.3 is 14.5 Å². The van der Waals surface area contributed by atoms with Crippen molar-refractivity contribution < 1.29 is 9.53 Å². The molecule has 2 aliphatic rings. The number of hydrogen-bond acceptors (Lipinski definition) is 4. The standard InChI is InChI=1S/C39H53N3O2/c1-38(34-20-11-8-12-21-34)24-17-29-42(32-38)28-16-6-4-3-5-15-27-41-30-25-39(2,26-31-41)44-37(43)40-36-23-14-13-22-35(36)33-18-9-7-10-19-33/h7-14,18-23H,3-6,15-17,24-32H2,1-2H3,(H,40,43). The third-order valence-corrected chi connectivity index (χ3v) is 9.95. The Balaban J connectivity index is 0.928. The van der Waals surface area contributed by atoms with Crippen LogP contribution in [0.1, 0.15) is 83.6 Å². The van der Waals surface area contributed by atoms with Crippen LogP contribution in [0.25, 0.3) is 11.1 Å². The summed E-state index contributed by atoms with van der Waals surface area (Å²) >= 11 is 0. The Morgan fingerprint density at radius 3 is 2.00 bits per heavy atom. The fourth-order valence-corrected chi connectivity index (χ4v) is 7.16. The van der Waals surface area contributed by atoms with Crippen LogP contribution in [-0.4, -0.2) is 60.8 Å². The van der Waals surface area contributed by atoms with E-state index in [1.165, 1.54) is 76.6 Å². The number of hydrogen-bond donors (Lipinski definition) is 1. The van der Waals surface area contributed by atoms with Crippen molar-refractivity contribution in [2.75, 3.05) is 44.6 Å². The fraction of sp³-hybridized carbons (Fsp3) is 0.513. The van der Waals surface area contributed by atoms with Crippen LogP contribution in [-0.2, 0) is 10.2 Å². The highest BCUT2D eigenvalue weighted by atomic mass is 16.6. The van der Waals surface area contributed by atoms with Gasteiger partial charge in [-0.15, -0.1) is 0 Å². The van der Waals surface area contributed by atoms with Crippen molar-refractivity contribution in [3.8, 4) is 11.1 Å². The maximum Gasteiger partial charge on any atom is 0.412 e. The largest absolute Gasteiger partial charge is 0.443 e. The van der Waals surface area contributed by atoms with Gasteiger partial charge in [-0.1, -0.05) is 111 Å². The number of para-hydroxylation sites is 1. The van der Waals surface area contributed by atoms with Gasteiger partial charge in [-0.25, -0.2) is 4.79 Å². The molecule has 0 radical (unpaired) electrons. The number of amides is 1. The molecule has 236 valence electrons. The lowest BCUT2D eigenvalue weighted by Crippen LogP contribution is -2.46. The molecule has 2 saturated heterocycles. The lowest BCUT2D eigenvalue weighted by Gasteiger charge is -2.41. The quantitative estimate of drug-likeness (QED) is 0.200. The summed E-state index contributed by atoms with van der Waals surface area (Å²) in [6.45, 7) is 11.4. The van der Waals surface area contributed by atoms with E-state index in [1.807, 2.05) is 42.5 Å². The van der Waals surface area contributed by atoms with E-state index in [2.05, 4.69) is 71.4 Å². The molecule has 5 rings (SSSR count). The van der Waals surface area contributed by atoms with E-state index >= 15 is 0 Å². The molecule has 1 unspecified atom stereocenters. The lowest BCUT2D eigenvalue weighted by molar-refractivity contribution is -0.0163. The minimum absolute atomic E-state index is 0.304. The summed E-state index contributed by atoms with van der Waals surface area (Å²) in [5, 5.41) is 3.01. The smallest absolute Gasteiger partial charge is 0.412 e. The number of anilines is 1. The monoisotopic (exact) mass is 595 g/mol. The van der Waals surface area contributed by atoms with Crippen LogP contribution >= 0.6 is 0 Å². The zero-order chi connectivity index (χ0) is 30.7. The second-order valence-corrected chi connectivity index (χ2v) is 13.6. The van der Waals surface area contributed by atoms with Crippen LogP contribution in [0.3, 0.4) is 0 Å². The van der Waals surface area contributed by atoms with Crippen molar-refractivity contribution >= 4 is 11.8 Å². The lowest BCUT2D eigenvalue weighted by atomic mass is 9.76. The van der Waals surface area contributed by atoms with E-state index in [9.17, 15) is 4.79 Å². The number of nitrogens with zero attached hydrogens (tertiary/aromatic N) is 2. The van der Waals surface area contributed by atoms with Gasteiger partial charge in [0.05, 0.1) is 5.69 Å². The molecule has 5 heteroatoms. The summed E-state index contributed by atoms with van der Waals surface area (Å²) in [6, 6.07) is 29.2. The third-order valence-electron chi connectivity index (χ3n) is 9.95. The number of likely N-dealkylation sites (tertiary alicyclic amines) is 2. The second kappa shape index (κ2) is 15.7. The van der Waals surface area contributed by atoms with E-state index in [4.69, 9.17) is 4.74 Å². The van der Waals surface area contributed by atoms with Crippen LogP contribution in [0, 0.1) is 0 Å². The molecule has 2 aliphatic heterocycles. The van der Waals surface area contributed by atoms with Gasteiger partial charge in [0, 0.05) is 30.6 Å². The molecule has 2 fully saturated rings. The summed E-state index contributed by atoms with van der Waals surface area (Å²) in [5.41, 5.74) is 4.24. The van der Waals surface area contributed by atoms with E-state index in [1.54, 1.807) is 0 Å². The number of unbranched alkanes of at least 4 members (excludes halogenated alkanes) is 5. The minimum Gasteiger partial charge on any atom is -0.443 e. The first-order valence-electron chi connectivity index (χ1n) is 17.1. The van der Waals surface area contributed by atoms with Crippen molar-refractivity contribution in [3.05, 3.63) is 90.5 Å². The fourth-order valence-electron chi connectivity index (χ4n) is 7.16. The van der Waals surface area contributed by atoms with E-state index in [-0.39, 0.29) is 6.09 Å². The van der Waals surface area contributed by atoms with Crippen LogP contribution in [0.4, 0.5) is 10.5 Å². The van der Waals surface area contributed by atoms with E-state index in [0.717, 1.165) is 49.3 Å². The summed E-state index contributed by atoms with van der Waals surface area (Å²) in [7, 11) is 0. The Kier molecular flexibility index (Phi) is 11.5. The average Bonchev–Trinajstić information content (AvgIpc) is 3.04. The maximum absolute atomic E-state index is 12.9. The van der Waals surface area contributed by atoms with Gasteiger partial charge in [0.2, 0.25) is 0 Å². The van der Waals surface area contributed by atoms with Gasteiger partial charge >= 0.3 is 6.09 Å². The first-order chi connectivity index (χ1) is 21.4. The summed E-state index contributed by atoms with van der Waals surface area (Å²) in [5.74, 6) is 0. The van der Waals surface area contributed by atoms with Crippen LogP contribution in [0.2, 0.25) is 0 Å². The zero-order valence-electron chi connectivity index (χ0n) is 27.1. The minimum atomic E-state index is -0.421. The molecule has 0 aliphatic carbocycles. The van der Waals surface area contributed by atoms with Crippen molar-refractivity contribution in [2.45, 2.75) is 89.1 Å². The number of carbonyl (C=O) groups excluding carboxylic acids is 1. The Labute approximate surface area is 266 Å². The molecule has 44 heavy (non-hydrogen) atoms. The van der Waals surface area contributed by atoms with Crippen LogP contribution in [0.5, 0.6) is 0 Å². The first-order valence-corrected chi connectivity index (χ1v) is 17.1. The molecule has 0 bridgehead atoms. The third kappa shape index (κ3) is 9.18. The number of nitrogens with one attached hydrogen (secondary N) is 1. The zero-order valence-corrected chi connectivity index (χ0v) is 27.1. The molecule has 0 aromatic heterocycles. The highest BCUT2D eigenvalue weighted by molar-refractivity contribution is 5.91. The highest BCUT2D eigenvalue weighted by Crippen LogP contribution is 2.34. The normalized spacial score (nSPS) is 20.7. The molecule has 0 spiro atoms.